The zero-order valence-corrected chi connectivity index (χ0v) is 11.1. The molecule has 10 heteroatoms. The van der Waals surface area contributed by atoms with Crippen molar-refractivity contribution in [3.05, 3.63) is 33.9 Å². The molecule has 0 aromatic heterocycles. The number of sulfonamides is 1. The minimum absolute atomic E-state index is 0.0742. The Morgan fingerprint density at radius 3 is 2.60 bits per heavy atom. The van der Waals surface area contributed by atoms with Crippen LogP contribution in [0.25, 0.3) is 0 Å². The summed E-state index contributed by atoms with van der Waals surface area (Å²) in [6.07, 6.45) is -1.90. The molecule has 0 heterocycles. The van der Waals surface area contributed by atoms with Gasteiger partial charge in [-0.05, 0) is 13.0 Å². The van der Waals surface area contributed by atoms with Crippen LogP contribution < -0.4 is 4.72 Å². The number of hydrogen-bond acceptors (Lipinski definition) is 6. The number of carbonyl (C=O) groups is 1. The summed E-state index contributed by atoms with van der Waals surface area (Å²) in [5, 5.41) is 28.2. The smallest absolute Gasteiger partial charge is 0.333 e. The number of carboxylic acids is 1. The Hall–Kier alpha value is -2.04. The normalized spacial score (nSPS) is 12.9. The molecule has 0 fully saturated rings. The van der Waals surface area contributed by atoms with E-state index in [-0.39, 0.29) is 16.1 Å². The Labute approximate surface area is 114 Å². The summed E-state index contributed by atoms with van der Waals surface area (Å²) in [7, 11) is -4.15. The molecular formula is C10H12N2O7S. The molecule has 1 aromatic rings. The first-order chi connectivity index (χ1) is 9.16. The van der Waals surface area contributed by atoms with Gasteiger partial charge in [-0.3, -0.25) is 10.1 Å². The van der Waals surface area contributed by atoms with Gasteiger partial charge < -0.3 is 10.2 Å². The van der Waals surface area contributed by atoms with Crippen LogP contribution in [0.4, 0.5) is 5.69 Å². The molecule has 0 spiro atoms. The fraction of sp³-hybridized carbons (Fsp3) is 0.300. The van der Waals surface area contributed by atoms with Gasteiger partial charge in [0.25, 0.3) is 5.69 Å². The van der Waals surface area contributed by atoms with Crippen LogP contribution in [-0.4, -0.2) is 42.2 Å². The lowest BCUT2D eigenvalue weighted by atomic mass is 10.2. The lowest BCUT2D eigenvalue weighted by Gasteiger charge is -2.10. The third-order valence-corrected chi connectivity index (χ3v) is 4.06. The Morgan fingerprint density at radius 2 is 2.10 bits per heavy atom. The predicted octanol–water partition coefficient (Wildman–Crippen LogP) is -0.373. The van der Waals surface area contributed by atoms with E-state index in [1.165, 1.54) is 13.0 Å². The molecule has 9 nitrogen and oxygen atoms in total. The quantitative estimate of drug-likeness (QED) is 0.479. The molecule has 0 amide bonds. The maximum absolute atomic E-state index is 11.9. The number of benzene rings is 1. The number of nitrogens with zero attached hydrogens (tertiary/aromatic N) is 1. The highest BCUT2D eigenvalue weighted by atomic mass is 32.2. The van der Waals surface area contributed by atoms with Crippen molar-refractivity contribution < 1.29 is 28.3 Å². The molecule has 110 valence electrons. The second-order valence-corrected chi connectivity index (χ2v) is 5.60. The fourth-order valence-electron chi connectivity index (χ4n) is 1.45. The molecule has 1 unspecified atom stereocenters. The van der Waals surface area contributed by atoms with Crippen LogP contribution in [0.1, 0.15) is 5.56 Å². The van der Waals surface area contributed by atoms with Crippen LogP contribution in [0.5, 0.6) is 0 Å². The van der Waals surface area contributed by atoms with Crippen LogP contribution in [0, 0.1) is 17.0 Å². The van der Waals surface area contributed by atoms with Crippen molar-refractivity contribution in [3.63, 3.8) is 0 Å². The number of nitro groups is 1. The van der Waals surface area contributed by atoms with E-state index in [0.29, 0.717) is 0 Å². The van der Waals surface area contributed by atoms with Crippen molar-refractivity contribution in [2.24, 2.45) is 0 Å². The number of aliphatic hydroxyl groups is 1. The van der Waals surface area contributed by atoms with E-state index in [1.807, 2.05) is 4.72 Å². The summed E-state index contributed by atoms with van der Waals surface area (Å²) in [5.74, 6) is -1.58. The maximum Gasteiger partial charge on any atom is 0.333 e. The van der Waals surface area contributed by atoms with Gasteiger partial charge in [0.15, 0.2) is 6.10 Å². The molecule has 0 aliphatic heterocycles. The fourth-order valence-corrected chi connectivity index (χ4v) is 2.74. The average Bonchev–Trinajstić information content (AvgIpc) is 2.35. The molecule has 0 bridgehead atoms. The number of rotatable bonds is 6. The summed E-state index contributed by atoms with van der Waals surface area (Å²) < 4.78 is 25.7. The van der Waals surface area contributed by atoms with Gasteiger partial charge in [0.2, 0.25) is 10.0 Å². The van der Waals surface area contributed by atoms with E-state index in [0.717, 1.165) is 12.1 Å². The van der Waals surface area contributed by atoms with Crippen molar-refractivity contribution in [2.45, 2.75) is 17.9 Å². The van der Waals surface area contributed by atoms with Crippen LogP contribution in [-0.2, 0) is 14.8 Å². The highest BCUT2D eigenvalue weighted by Gasteiger charge is 2.24. The van der Waals surface area contributed by atoms with Gasteiger partial charge in [-0.1, -0.05) is 6.07 Å². The Balaban J connectivity index is 3.08. The van der Waals surface area contributed by atoms with Crippen LogP contribution >= 0.6 is 0 Å². The van der Waals surface area contributed by atoms with E-state index in [2.05, 4.69) is 0 Å². The second kappa shape index (κ2) is 5.94. The molecule has 0 aliphatic carbocycles. The van der Waals surface area contributed by atoms with Gasteiger partial charge in [-0.2, -0.15) is 0 Å². The van der Waals surface area contributed by atoms with Gasteiger partial charge in [0, 0.05) is 18.2 Å². The molecule has 3 N–H and O–H groups in total. The molecule has 0 radical (unpaired) electrons. The van der Waals surface area contributed by atoms with Gasteiger partial charge >= 0.3 is 5.97 Å². The largest absolute Gasteiger partial charge is 0.479 e. The highest BCUT2D eigenvalue weighted by molar-refractivity contribution is 7.89. The standard InChI is InChI=1S/C10H12N2O7S/c1-6-7(12(16)17)3-2-4-9(6)20(18,19)11-5-8(13)10(14)15/h2-4,8,11,13H,5H2,1H3,(H,14,15). The van der Waals surface area contributed by atoms with Crippen LogP contribution in [0.3, 0.4) is 0 Å². The van der Waals surface area contributed by atoms with Crippen molar-refractivity contribution in [3.8, 4) is 0 Å². The van der Waals surface area contributed by atoms with E-state index < -0.39 is 33.6 Å². The third-order valence-electron chi connectivity index (χ3n) is 2.49. The van der Waals surface area contributed by atoms with Gasteiger partial charge in [-0.25, -0.2) is 17.9 Å². The molecule has 0 saturated carbocycles. The lowest BCUT2D eigenvalue weighted by Crippen LogP contribution is -2.36. The first-order valence-electron chi connectivity index (χ1n) is 5.31. The van der Waals surface area contributed by atoms with E-state index in [9.17, 15) is 23.3 Å². The summed E-state index contributed by atoms with van der Waals surface area (Å²) in [6.45, 7) is 0.528. The number of nitrogens with one attached hydrogen (secondary N) is 1. The number of hydrogen-bond donors (Lipinski definition) is 3. The zero-order valence-electron chi connectivity index (χ0n) is 10.3. The van der Waals surface area contributed by atoms with Crippen molar-refractivity contribution in [1.29, 1.82) is 0 Å². The molecule has 1 rings (SSSR count). The molecular weight excluding hydrogens is 292 g/mol. The first-order valence-corrected chi connectivity index (χ1v) is 6.79. The minimum atomic E-state index is -4.15. The minimum Gasteiger partial charge on any atom is -0.479 e. The van der Waals surface area contributed by atoms with E-state index >= 15 is 0 Å². The van der Waals surface area contributed by atoms with Gasteiger partial charge in [-0.15, -0.1) is 0 Å². The highest BCUT2D eigenvalue weighted by Crippen LogP contribution is 2.24. The van der Waals surface area contributed by atoms with Gasteiger partial charge in [0.05, 0.1) is 9.82 Å². The molecule has 1 aromatic carbocycles. The average molecular weight is 304 g/mol. The topological polar surface area (TPSA) is 147 Å². The molecule has 0 saturated heterocycles. The number of nitro benzene ring substituents is 1. The Bertz CT molecular complexity index is 641. The second-order valence-electron chi connectivity index (χ2n) is 3.86. The van der Waals surface area contributed by atoms with Crippen molar-refractivity contribution in [2.75, 3.05) is 6.54 Å². The molecule has 20 heavy (non-hydrogen) atoms. The number of aliphatic carboxylic acids is 1. The number of carboxylic acid groups (broad SMARTS) is 1. The summed E-state index contributed by atoms with van der Waals surface area (Å²) in [6, 6.07) is 3.51. The monoisotopic (exact) mass is 304 g/mol. The third kappa shape index (κ3) is 3.50. The summed E-state index contributed by atoms with van der Waals surface area (Å²) in [5.41, 5.74) is -0.443. The Kier molecular flexibility index (Phi) is 4.76. The Morgan fingerprint density at radius 1 is 1.50 bits per heavy atom. The van der Waals surface area contributed by atoms with E-state index in [1.54, 1.807) is 0 Å². The lowest BCUT2D eigenvalue weighted by molar-refractivity contribution is -0.385. The molecule has 1 atom stereocenters. The predicted molar refractivity (Wildman–Crippen MR) is 66.7 cm³/mol. The zero-order chi connectivity index (χ0) is 15.5. The van der Waals surface area contributed by atoms with Crippen LogP contribution in [0.2, 0.25) is 0 Å². The first kappa shape index (κ1) is 16.0. The SMILES string of the molecule is Cc1c([N+](=O)[O-])cccc1S(=O)(=O)NCC(O)C(=O)O. The van der Waals surface area contributed by atoms with Crippen LogP contribution in [0.15, 0.2) is 23.1 Å². The van der Waals surface area contributed by atoms with E-state index in [4.69, 9.17) is 10.2 Å². The van der Waals surface area contributed by atoms with Crippen molar-refractivity contribution in [1.82, 2.24) is 4.72 Å². The maximum atomic E-state index is 11.9. The van der Waals surface area contributed by atoms with Gasteiger partial charge in [0.1, 0.15) is 0 Å². The van der Waals surface area contributed by atoms with Crippen molar-refractivity contribution >= 4 is 21.7 Å². The summed E-state index contributed by atoms with van der Waals surface area (Å²) in [4.78, 5) is 20.1. The number of aliphatic hydroxyl groups excluding tert-OH is 1. The molecule has 0 aliphatic rings. The summed E-state index contributed by atoms with van der Waals surface area (Å²) >= 11 is 0.